The molecule has 1 amide bonds. The highest BCUT2D eigenvalue weighted by atomic mass is 32.1. The standard InChI is InChI=1S/C16H17N3O4S/c1-4-13-14(24-19-18-13)16(22)23-10(3)15(21)17-12-7-5-11(6-8-12)9(2)20/h5-8,10H,4H2,1-3H3,(H,17,21)/t10-/m1/s1. The van der Waals surface area contributed by atoms with Crippen LogP contribution in [0.3, 0.4) is 0 Å². The van der Waals surface area contributed by atoms with Crippen LogP contribution in [0.25, 0.3) is 0 Å². The summed E-state index contributed by atoms with van der Waals surface area (Å²) < 4.78 is 8.88. The molecule has 2 rings (SSSR count). The molecule has 0 unspecified atom stereocenters. The fourth-order valence-corrected chi connectivity index (χ4v) is 2.53. The molecule has 1 aromatic carbocycles. The number of benzene rings is 1. The number of rotatable bonds is 6. The summed E-state index contributed by atoms with van der Waals surface area (Å²) in [5.74, 6) is -1.13. The molecule has 126 valence electrons. The van der Waals surface area contributed by atoms with Crippen LogP contribution in [0.15, 0.2) is 24.3 Å². The van der Waals surface area contributed by atoms with E-state index in [2.05, 4.69) is 14.9 Å². The molecule has 24 heavy (non-hydrogen) atoms. The fraction of sp³-hybridized carbons (Fsp3) is 0.312. The predicted molar refractivity (Wildman–Crippen MR) is 89.2 cm³/mol. The molecule has 1 N–H and O–H groups in total. The Morgan fingerprint density at radius 3 is 2.50 bits per heavy atom. The smallest absolute Gasteiger partial charge is 0.352 e. The molecule has 1 aromatic heterocycles. The lowest BCUT2D eigenvalue weighted by atomic mass is 10.1. The van der Waals surface area contributed by atoms with Gasteiger partial charge in [-0.05, 0) is 56.1 Å². The maximum Gasteiger partial charge on any atom is 0.352 e. The van der Waals surface area contributed by atoms with E-state index in [1.807, 2.05) is 6.92 Å². The molecule has 1 heterocycles. The molecule has 0 spiro atoms. The van der Waals surface area contributed by atoms with E-state index >= 15 is 0 Å². The van der Waals surface area contributed by atoms with E-state index in [1.165, 1.54) is 13.8 Å². The van der Waals surface area contributed by atoms with Gasteiger partial charge in [-0.25, -0.2) is 4.79 Å². The quantitative estimate of drug-likeness (QED) is 0.637. The Bertz CT molecular complexity index is 755. The highest BCUT2D eigenvalue weighted by molar-refractivity contribution is 7.07. The monoisotopic (exact) mass is 347 g/mol. The first-order valence-electron chi connectivity index (χ1n) is 7.36. The van der Waals surface area contributed by atoms with E-state index in [0.717, 1.165) is 11.5 Å². The summed E-state index contributed by atoms with van der Waals surface area (Å²) >= 11 is 0.945. The lowest BCUT2D eigenvalue weighted by molar-refractivity contribution is -0.123. The first kappa shape index (κ1) is 17.7. The lowest BCUT2D eigenvalue weighted by Crippen LogP contribution is -2.30. The Morgan fingerprint density at radius 1 is 1.25 bits per heavy atom. The zero-order valence-electron chi connectivity index (χ0n) is 13.5. The van der Waals surface area contributed by atoms with Crippen LogP contribution < -0.4 is 5.32 Å². The van der Waals surface area contributed by atoms with Crippen LogP contribution in [0.2, 0.25) is 0 Å². The van der Waals surface area contributed by atoms with Gasteiger partial charge in [0.25, 0.3) is 5.91 Å². The summed E-state index contributed by atoms with van der Waals surface area (Å²) in [5.41, 5.74) is 1.62. The van der Waals surface area contributed by atoms with Crippen LogP contribution in [-0.2, 0) is 16.0 Å². The maximum absolute atomic E-state index is 12.1. The van der Waals surface area contributed by atoms with Crippen molar-refractivity contribution in [3.05, 3.63) is 40.4 Å². The van der Waals surface area contributed by atoms with E-state index in [-0.39, 0.29) is 5.78 Å². The number of nitrogens with zero attached hydrogens (tertiary/aromatic N) is 2. The predicted octanol–water partition coefficient (Wildman–Crippen LogP) is 2.49. The summed E-state index contributed by atoms with van der Waals surface area (Å²) in [6.07, 6.45) is -0.416. The van der Waals surface area contributed by atoms with E-state index in [1.54, 1.807) is 24.3 Å². The van der Waals surface area contributed by atoms with Crippen molar-refractivity contribution in [2.75, 3.05) is 5.32 Å². The van der Waals surface area contributed by atoms with E-state index in [4.69, 9.17) is 4.74 Å². The highest BCUT2D eigenvalue weighted by Gasteiger charge is 2.23. The molecule has 2 aromatic rings. The average Bonchev–Trinajstić information content (AvgIpc) is 3.04. The zero-order chi connectivity index (χ0) is 17.7. The number of carbonyl (C=O) groups excluding carboxylic acids is 3. The largest absolute Gasteiger partial charge is 0.448 e. The van der Waals surface area contributed by atoms with E-state index < -0.39 is 18.0 Å². The highest BCUT2D eigenvalue weighted by Crippen LogP contribution is 2.15. The van der Waals surface area contributed by atoms with Crippen molar-refractivity contribution in [3.8, 4) is 0 Å². The minimum atomic E-state index is -0.975. The Morgan fingerprint density at radius 2 is 1.92 bits per heavy atom. The number of nitrogens with one attached hydrogen (secondary N) is 1. The molecule has 0 fully saturated rings. The second-order valence-corrected chi connectivity index (χ2v) is 5.83. The maximum atomic E-state index is 12.1. The van der Waals surface area contributed by atoms with Gasteiger partial charge in [-0.15, -0.1) is 5.10 Å². The van der Waals surface area contributed by atoms with Crippen molar-refractivity contribution in [2.24, 2.45) is 0 Å². The molecule has 0 saturated carbocycles. The van der Waals surface area contributed by atoms with E-state index in [9.17, 15) is 14.4 Å². The Balaban J connectivity index is 1.96. The SMILES string of the molecule is CCc1nnsc1C(=O)O[C@H](C)C(=O)Nc1ccc(C(C)=O)cc1. The molecule has 0 aliphatic carbocycles. The lowest BCUT2D eigenvalue weighted by Gasteiger charge is -2.13. The molecule has 0 bridgehead atoms. The molecular weight excluding hydrogens is 330 g/mol. The van der Waals surface area contributed by atoms with E-state index in [0.29, 0.717) is 28.2 Å². The van der Waals surface area contributed by atoms with Crippen molar-refractivity contribution >= 4 is 34.9 Å². The summed E-state index contributed by atoms with van der Waals surface area (Å²) in [6, 6.07) is 6.47. The number of Topliss-reactive ketones (excluding diaryl/α,β-unsaturated/α-hetero) is 1. The number of hydrogen-bond acceptors (Lipinski definition) is 7. The minimum absolute atomic E-state index is 0.0555. The number of anilines is 1. The summed E-state index contributed by atoms with van der Waals surface area (Å²) in [7, 11) is 0. The van der Waals surface area contributed by atoms with Crippen molar-refractivity contribution in [3.63, 3.8) is 0 Å². The van der Waals surface area contributed by atoms with Gasteiger partial charge in [0.1, 0.15) is 0 Å². The number of ketones is 1. The second kappa shape index (κ2) is 7.78. The van der Waals surface area contributed by atoms with Gasteiger partial charge >= 0.3 is 5.97 Å². The Hall–Kier alpha value is -2.61. The molecule has 8 heteroatoms. The first-order chi connectivity index (χ1) is 11.4. The second-order valence-electron chi connectivity index (χ2n) is 5.07. The summed E-state index contributed by atoms with van der Waals surface area (Å²) in [5, 5.41) is 6.47. The summed E-state index contributed by atoms with van der Waals surface area (Å²) in [6.45, 7) is 4.81. The van der Waals surface area contributed by atoms with Gasteiger partial charge in [0.2, 0.25) is 0 Å². The normalized spacial score (nSPS) is 11.6. The average molecular weight is 347 g/mol. The van der Waals surface area contributed by atoms with Crippen LogP contribution in [0, 0.1) is 0 Å². The number of esters is 1. The number of aromatic nitrogens is 2. The van der Waals surface area contributed by atoms with Gasteiger partial charge in [0.15, 0.2) is 16.8 Å². The third kappa shape index (κ3) is 4.23. The molecule has 0 aliphatic rings. The molecule has 0 saturated heterocycles. The van der Waals surface area contributed by atoms with Gasteiger partial charge in [0, 0.05) is 11.3 Å². The number of amides is 1. The van der Waals surface area contributed by atoms with Crippen LogP contribution in [0.4, 0.5) is 5.69 Å². The molecule has 1 atom stereocenters. The minimum Gasteiger partial charge on any atom is -0.448 e. The molecule has 7 nitrogen and oxygen atoms in total. The third-order valence-corrected chi connectivity index (χ3v) is 4.04. The topological polar surface area (TPSA) is 98.2 Å². The Labute approximate surface area is 143 Å². The Kier molecular flexibility index (Phi) is 5.75. The van der Waals surface area contributed by atoms with Crippen LogP contribution in [-0.4, -0.2) is 33.4 Å². The zero-order valence-corrected chi connectivity index (χ0v) is 14.3. The van der Waals surface area contributed by atoms with Gasteiger partial charge < -0.3 is 10.1 Å². The molecule has 0 aliphatic heterocycles. The first-order valence-corrected chi connectivity index (χ1v) is 8.13. The fourth-order valence-electron chi connectivity index (χ4n) is 1.89. The van der Waals surface area contributed by atoms with Crippen LogP contribution in [0.5, 0.6) is 0 Å². The van der Waals surface area contributed by atoms with Crippen molar-refractivity contribution < 1.29 is 19.1 Å². The van der Waals surface area contributed by atoms with Gasteiger partial charge in [0.05, 0.1) is 5.69 Å². The van der Waals surface area contributed by atoms with Crippen LogP contribution >= 0.6 is 11.5 Å². The van der Waals surface area contributed by atoms with Gasteiger partial charge in [-0.1, -0.05) is 11.4 Å². The van der Waals surface area contributed by atoms with Crippen LogP contribution in [0.1, 0.15) is 46.5 Å². The van der Waals surface area contributed by atoms with Crippen molar-refractivity contribution in [2.45, 2.75) is 33.3 Å². The number of hydrogen-bond donors (Lipinski definition) is 1. The molecule has 0 radical (unpaired) electrons. The number of ether oxygens (including phenoxy) is 1. The number of carbonyl (C=O) groups is 3. The van der Waals surface area contributed by atoms with Gasteiger partial charge in [-0.3, -0.25) is 9.59 Å². The summed E-state index contributed by atoms with van der Waals surface area (Å²) in [4.78, 5) is 35.7. The number of aryl methyl sites for hydroxylation is 1. The molecular formula is C16H17N3O4S. The van der Waals surface area contributed by atoms with Crippen molar-refractivity contribution in [1.29, 1.82) is 0 Å². The third-order valence-electron chi connectivity index (χ3n) is 3.29. The van der Waals surface area contributed by atoms with Gasteiger partial charge in [-0.2, -0.15) is 0 Å². The van der Waals surface area contributed by atoms with Crippen molar-refractivity contribution in [1.82, 2.24) is 9.59 Å².